The Bertz CT molecular complexity index is 1040. The molecule has 7 heteroatoms. The summed E-state index contributed by atoms with van der Waals surface area (Å²) in [7, 11) is 0. The van der Waals surface area contributed by atoms with E-state index in [-0.39, 0.29) is 12.5 Å². The second kappa shape index (κ2) is 7.69. The number of amides is 1. The van der Waals surface area contributed by atoms with E-state index in [1.54, 1.807) is 24.3 Å². The van der Waals surface area contributed by atoms with E-state index in [4.69, 9.17) is 4.74 Å². The zero-order valence-electron chi connectivity index (χ0n) is 14.3. The third-order valence-corrected chi connectivity index (χ3v) is 3.92. The summed E-state index contributed by atoms with van der Waals surface area (Å²) in [5.41, 5.74) is 0.491. The molecular weight excluding hydrogens is 334 g/mol. The molecule has 0 aliphatic rings. The Balaban J connectivity index is 1.60. The number of rotatable bonds is 6. The van der Waals surface area contributed by atoms with Gasteiger partial charge in [0, 0.05) is 0 Å². The van der Waals surface area contributed by atoms with Crippen molar-refractivity contribution >= 4 is 16.8 Å². The smallest absolute Gasteiger partial charge is 0.329 e. The van der Waals surface area contributed by atoms with E-state index in [9.17, 15) is 14.4 Å². The Hall–Kier alpha value is -3.35. The first kappa shape index (κ1) is 17.5. The number of aryl methyl sites for hydroxylation is 1. The van der Waals surface area contributed by atoms with Crippen LogP contribution in [0.4, 0.5) is 0 Å². The van der Waals surface area contributed by atoms with Crippen molar-refractivity contribution < 1.29 is 9.53 Å². The Morgan fingerprint density at radius 3 is 2.62 bits per heavy atom. The summed E-state index contributed by atoms with van der Waals surface area (Å²) < 4.78 is 6.78. The fourth-order valence-electron chi connectivity index (χ4n) is 2.59. The Morgan fingerprint density at radius 1 is 1.12 bits per heavy atom. The number of aromatic amines is 1. The molecule has 1 amide bonds. The number of benzene rings is 2. The molecule has 0 spiro atoms. The molecule has 0 saturated carbocycles. The summed E-state index contributed by atoms with van der Waals surface area (Å²) in [5, 5.41) is 3.07. The maximum absolute atomic E-state index is 12.1. The van der Waals surface area contributed by atoms with E-state index in [0.29, 0.717) is 24.1 Å². The number of nitrogens with zero attached hydrogens (tertiary/aromatic N) is 1. The number of carbonyl (C=O) groups excluding carboxylic acids is 1. The molecule has 1 aromatic heterocycles. The SMILES string of the molecule is Cc1ccc(OCCNC(=O)Cn2c(=O)[nH]c(=O)c3ccccc32)cc1. The van der Waals surface area contributed by atoms with Crippen molar-refractivity contribution in [2.45, 2.75) is 13.5 Å². The minimum Gasteiger partial charge on any atom is -0.492 e. The second-order valence-electron chi connectivity index (χ2n) is 5.87. The molecule has 0 aliphatic heterocycles. The van der Waals surface area contributed by atoms with Gasteiger partial charge in [0.05, 0.1) is 17.4 Å². The Kier molecular flexibility index (Phi) is 5.17. The predicted octanol–water partition coefficient (Wildman–Crippen LogP) is 1.19. The maximum atomic E-state index is 12.1. The molecule has 2 N–H and O–H groups in total. The number of carbonyl (C=O) groups is 1. The van der Waals surface area contributed by atoms with E-state index >= 15 is 0 Å². The van der Waals surface area contributed by atoms with Gasteiger partial charge >= 0.3 is 5.69 Å². The highest BCUT2D eigenvalue weighted by atomic mass is 16.5. The second-order valence-corrected chi connectivity index (χ2v) is 5.87. The standard InChI is InChI=1S/C19H19N3O4/c1-13-6-8-14(9-7-13)26-11-10-20-17(23)12-22-16-5-3-2-4-15(16)18(24)21-19(22)25/h2-9H,10-12H2,1H3,(H,20,23)(H,21,24,25). The average molecular weight is 353 g/mol. The van der Waals surface area contributed by atoms with Crippen LogP contribution in [0, 0.1) is 6.92 Å². The normalized spacial score (nSPS) is 10.7. The fourth-order valence-corrected chi connectivity index (χ4v) is 2.59. The predicted molar refractivity (Wildman–Crippen MR) is 98.5 cm³/mol. The van der Waals surface area contributed by atoms with Gasteiger partial charge in [-0.3, -0.25) is 19.1 Å². The highest BCUT2D eigenvalue weighted by Crippen LogP contribution is 2.10. The van der Waals surface area contributed by atoms with Crippen molar-refractivity contribution in [3.8, 4) is 5.75 Å². The first-order valence-corrected chi connectivity index (χ1v) is 8.22. The van der Waals surface area contributed by atoms with E-state index in [1.807, 2.05) is 31.2 Å². The van der Waals surface area contributed by atoms with Gasteiger partial charge in [0.1, 0.15) is 18.9 Å². The van der Waals surface area contributed by atoms with Crippen LogP contribution in [0.25, 0.3) is 10.9 Å². The van der Waals surface area contributed by atoms with Crippen LogP contribution in [0.15, 0.2) is 58.1 Å². The minimum atomic E-state index is -0.611. The minimum absolute atomic E-state index is 0.180. The van der Waals surface area contributed by atoms with Gasteiger partial charge in [-0.1, -0.05) is 29.8 Å². The van der Waals surface area contributed by atoms with Gasteiger partial charge in [0.2, 0.25) is 5.91 Å². The van der Waals surface area contributed by atoms with Gasteiger partial charge in [-0.15, -0.1) is 0 Å². The zero-order valence-corrected chi connectivity index (χ0v) is 14.3. The first-order chi connectivity index (χ1) is 12.5. The quantitative estimate of drug-likeness (QED) is 0.651. The van der Waals surface area contributed by atoms with Crippen molar-refractivity contribution in [1.82, 2.24) is 14.9 Å². The lowest BCUT2D eigenvalue weighted by Gasteiger charge is -2.10. The molecule has 3 rings (SSSR count). The largest absolute Gasteiger partial charge is 0.492 e. The first-order valence-electron chi connectivity index (χ1n) is 8.22. The molecule has 134 valence electrons. The van der Waals surface area contributed by atoms with Gasteiger partial charge in [-0.2, -0.15) is 0 Å². The molecule has 0 aliphatic carbocycles. The number of nitrogens with one attached hydrogen (secondary N) is 2. The number of fused-ring (bicyclic) bond motifs is 1. The molecule has 0 saturated heterocycles. The summed E-state index contributed by atoms with van der Waals surface area (Å²) in [4.78, 5) is 38.2. The molecule has 0 fully saturated rings. The van der Waals surface area contributed by atoms with Crippen molar-refractivity contribution in [2.75, 3.05) is 13.2 Å². The van der Waals surface area contributed by atoms with E-state index in [0.717, 1.165) is 11.3 Å². The van der Waals surface area contributed by atoms with Crippen LogP contribution in [-0.4, -0.2) is 28.6 Å². The van der Waals surface area contributed by atoms with Gasteiger partial charge in [-0.25, -0.2) is 4.79 Å². The number of aromatic nitrogens is 2. The zero-order chi connectivity index (χ0) is 18.5. The van der Waals surface area contributed by atoms with Crippen LogP contribution < -0.4 is 21.3 Å². The summed E-state index contributed by atoms with van der Waals surface area (Å²) in [6.45, 7) is 2.44. The van der Waals surface area contributed by atoms with Crippen LogP contribution >= 0.6 is 0 Å². The highest BCUT2D eigenvalue weighted by Gasteiger charge is 2.10. The molecule has 0 atom stereocenters. The summed E-state index contributed by atoms with van der Waals surface area (Å²) in [6.07, 6.45) is 0. The number of para-hydroxylation sites is 1. The Labute approximate surface area is 149 Å². The van der Waals surface area contributed by atoms with Gasteiger partial charge in [0.25, 0.3) is 5.56 Å². The average Bonchev–Trinajstić information content (AvgIpc) is 2.64. The highest BCUT2D eigenvalue weighted by molar-refractivity contribution is 5.81. The Morgan fingerprint density at radius 2 is 1.85 bits per heavy atom. The van der Waals surface area contributed by atoms with E-state index < -0.39 is 11.2 Å². The van der Waals surface area contributed by atoms with E-state index in [1.165, 1.54) is 4.57 Å². The number of ether oxygens (including phenoxy) is 1. The molecule has 3 aromatic rings. The lowest BCUT2D eigenvalue weighted by molar-refractivity contribution is -0.121. The van der Waals surface area contributed by atoms with E-state index in [2.05, 4.69) is 10.3 Å². The van der Waals surface area contributed by atoms with Gasteiger partial charge in [-0.05, 0) is 31.2 Å². The topological polar surface area (TPSA) is 93.2 Å². The lowest BCUT2D eigenvalue weighted by atomic mass is 10.2. The lowest BCUT2D eigenvalue weighted by Crippen LogP contribution is -2.37. The molecule has 1 heterocycles. The van der Waals surface area contributed by atoms with Crippen molar-refractivity contribution in [3.05, 3.63) is 74.9 Å². The fraction of sp³-hybridized carbons (Fsp3) is 0.211. The van der Waals surface area contributed by atoms with Crippen molar-refractivity contribution in [1.29, 1.82) is 0 Å². The third-order valence-electron chi connectivity index (χ3n) is 3.92. The monoisotopic (exact) mass is 353 g/mol. The van der Waals surface area contributed by atoms with Crippen LogP contribution in [0.2, 0.25) is 0 Å². The number of hydrogen-bond donors (Lipinski definition) is 2. The summed E-state index contributed by atoms with van der Waals surface area (Å²) in [5.74, 6) is 0.393. The number of hydrogen-bond acceptors (Lipinski definition) is 4. The molecule has 0 radical (unpaired) electrons. The third kappa shape index (κ3) is 4.00. The van der Waals surface area contributed by atoms with Crippen LogP contribution in [0.1, 0.15) is 5.56 Å². The molecular formula is C19H19N3O4. The maximum Gasteiger partial charge on any atom is 0.329 e. The number of H-pyrrole nitrogens is 1. The summed E-state index contributed by atoms with van der Waals surface area (Å²) in [6, 6.07) is 14.3. The van der Waals surface area contributed by atoms with Crippen LogP contribution in [0.5, 0.6) is 5.75 Å². The van der Waals surface area contributed by atoms with Crippen molar-refractivity contribution in [2.24, 2.45) is 0 Å². The summed E-state index contributed by atoms with van der Waals surface area (Å²) >= 11 is 0. The van der Waals surface area contributed by atoms with Crippen LogP contribution in [0.3, 0.4) is 0 Å². The van der Waals surface area contributed by atoms with Crippen molar-refractivity contribution in [3.63, 3.8) is 0 Å². The molecule has 0 unspecified atom stereocenters. The van der Waals surface area contributed by atoms with Gasteiger partial charge in [0.15, 0.2) is 0 Å². The van der Waals surface area contributed by atoms with Crippen LogP contribution in [-0.2, 0) is 11.3 Å². The molecule has 0 bridgehead atoms. The molecule has 26 heavy (non-hydrogen) atoms. The molecule has 2 aromatic carbocycles. The van der Waals surface area contributed by atoms with Gasteiger partial charge < -0.3 is 10.1 Å². The molecule has 7 nitrogen and oxygen atoms in total.